The van der Waals surface area contributed by atoms with Gasteiger partial charge in [-0.25, -0.2) is 13.8 Å². The van der Waals surface area contributed by atoms with E-state index in [-0.39, 0.29) is 11.6 Å². The van der Waals surface area contributed by atoms with Crippen LogP contribution in [0.5, 0.6) is 5.75 Å². The SMILES string of the molecule is C[C@@H](Oc1ccc(F)cc1F)C(=O)Nc1cnccn1. The van der Waals surface area contributed by atoms with E-state index in [1.54, 1.807) is 0 Å². The van der Waals surface area contributed by atoms with Crippen LogP contribution in [0.15, 0.2) is 36.8 Å². The van der Waals surface area contributed by atoms with Crippen LogP contribution in [0.2, 0.25) is 0 Å². The summed E-state index contributed by atoms with van der Waals surface area (Å²) in [5.74, 6) is -2.05. The van der Waals surface area contributed by atoms with E-state index < -0.39 is 23.6 Å². The standard InChI is InChI=1S/C13H11F2N3O2/c1-8(13(19)18-12-7-16-4-5-17-12)20-11-3-2-9(14)6-10(11)15/h2-8H,1H3,(H,17,18,19)/t8-/m1/s1. The fourth-order valence-corrected chi connectivity index (χ4v) is 1.41. The van der Waals surface area contributed by atoms with Crippen LogP contribution in [0, 0.1) is 11.6 Å². The van der Waals surface area contributed by atoms with E-state index in [1.807, 2.05) is 0 Å². The van der Waals surface area contributed by atoms with Gasteiger partial charge in [-0.2, -0.15) is 0 Å². The molecule has 2 aromatic rings. The third kappa shape index (κ3) is 3.47. The number of carbonyl (C=O) groups excluding carboxylic acids is 1. The van der Waals surface area contributed by atoms with Gasteiger partial charge in [-0.05, 0) is 19.1 Å². The number of rotatable bonds is 4. The molecule has 5 nitrogen and oxygen atoms in total. The molecule has 0 saturated carbocycles. The Morgan fingerprint density at radius 2 is 2.15 bits per heavy atom. The van der Waals surface area contributed by atoms with Gasteiger partial charge in [-0.3, -0.25) is 9.78 Å². The van der Waals surface area contributed by atoms with E-state index >= 15 is 0 Å². The summed E-state index contributed by atoms with van der Waals surface area (Å²) in [7, 11) is 0. The van der Waals surface area contributed by atoms with Gasteiger partial charge in [0.05, 0.1) is 6.20 Å². The zero-order valence-corrected chi connectivity index (χ0v) is 10.5. The second-order valence-electron chi connectivity index (χ2n) is 3.91. The number of halogens is 2. The lowest BCUT2D eigenvalue weighted by atomic mass is 10.3. The predicted molar refractivity (Wildman–Crippen MR) is 67.1 cm³/mol. The molecule has 0 aliphatic rings. The van der Waals surface area contributed by atoms with Crippen molar-refractivity contribution < 1.29 is 18.3 Å². The lowest BCUT2D eigenvalue weighted by Crippen LogP contribution is -2.30. The average Bonchev–Trinajstić information content (AvgIpc) is 2.43. The van der Waals surface area contributed by atoms with E-state index in [1.165, 1.54) is 25.5 Å². The molecule has 0 bridgehead atoms. The molecule has 7 heteroatoms. The Bertz CT molecular complexity index is 608. The number of ether oxygens (including phenoxy) is 1. The van der Waals surface area contributed by atoms with Crippen molar-refractivity contribution in [2.24, 2.45) is 0 Å². The van der Waals surface area contributed by atoms with Gasteiger partial charge in [0, 0.05) is 18.5 Å². The number of hydrogen-bond donors (Lipinski definition) is 1. The summed E-state index contributed by atoms with van der Waals surface area (Å²) in [5.41, 5.74) is 0. The second kappa shape index (κ2) is 6.05. The van der Waals surface area contributed by atoms with E-state index in [9.17, 15) is 13.6 Å². The van der Waals surface area contributed by atoms with E-state index in [0.717, 1.165) is 12.1 Å². The van der Waals surface area contributed by atoms with Crippen LogP contribution in [-0.4, -0.2) is 22.0 Å². The van der Waals surface area contributed by atoms with Crippen molar-refractivity contribution in [2.45, 2.75) is 13.0 Å². The highest BCUT2D eigenvalue weighted by atomic mass is 19.1. The average molecular weight is 279 g/mol. The van der Waals surface area contributed by atoms with Crippen LogP contribution in [0.4, 0.5) is 14.6 Å². The number of hydrogen-bond acceptors (Lipinski definition) is 4. The fourth-order valence-electron chi connectivity index (χ4n) is 1.41. The molecule has 1 amide bonds. The fraction of sp³-hybridized carbons (Fsp3) is 0.154. The minimum absolute atomic E-state index is 0.201. The molecule has 0 unspecified atom stereocenters. The maximum absolute atomic E-state index is 13.4. The Hall–Kier alpha value is -2.57. The third-order valence-electron chi connectivity index (χ3n) is 2.38. The van der Waals surface area contributed by atoms with Gasteiger partial charge in [0.15, 0.2) is 23.5 Å². The van der Waals surface area contributed by atoms with Crippen LogP contribution < -0.4 is 10.1 Å². The van der Waals surface area contributed by atoms with Crippen LogP contribution in [0.3, 0.4) is 0 Å². The quantitative estimate of drug-likeness (QED) is 0.931. The molecule has 2 rings (SSSR count). The first-order valence-corrected chi connectivity index (χ1v) is 5.75. The van der Waals surface area contributed by atoms with Crippen molar-refractivity contribution in [1.29, 1.82) is 0 Å². The minimum Gasteiger partial charge on any atom is -0.478 e. The number of aromatic nitrogens is 2. The van der Waals surface area contributed by atoms with Gasteiger partial charge in [0.25, 0.3) is 5.91 Å². The summed E-state index contributed by atoms with van der Waals surface area (Å²) in [4.78, 5) is 19.4. The van der Waals surface area contributed by atoms with Crippen molar-refractivity contribution in [3.8, 4) is 5.75 Å². The van der Waals surface area contributed by atoms with Crippen molar-refractivity contribution in [3.05, 3.63) is 48.4 Å². The molecule has 1 aromatic heterocycles. The third-order valence-corrected chi connectivity index (χ3v) is 2.38. The smallest absolute Gasteiger partial charge is 0.266 e. The maximum atomic E-state index is 13.4. The van der Waals surface area contributed by atoms with Crippen molar-refractivity contribution >= 4 is 11.7 Å². The molecular formula is C13H11F2N3O2. The zero-order valence-electron chi connectivity index (χ0n) is 10.5. The number of nitrogens with zero attached hydrogens (tertiary/aromatic N) is 2. The van der Waals surface area contributed by atoms with Crippen molar-refractivity contribution in [2.75, 3.05) is 5.32 Å². The first-order valence-electron chi connectivity index (χ1n) is 5.75. The molecule has 0 spiro atoms. The van der Waals surface area contributed by atoms with E-state index in [4.69, 9.17) is 4.74 Å². The summed E-state index contributed by atoms with van der Waals surface area (Å²) in [6, 6.07) is 2.85. The minimum atomic E-state index is -0.975. The lowest BCUT2D eigenvalue weighted by Gasteiger charge is -2.14. The summed E-state index contributed by atoms with van der Waals surface area (Å²) < 4.78 is 31.3. The molecule has 0 saturated heterocycles. The maximum Gasteiger partial charge on any atom is 0.266 e. The zero-order chi connectivity index (χ0) is 14.5. The largest absolute Gasteiger partial charge is 0.478 e. The molecule has 1 atom stereocenters. The highest BCUT2D eigenvalue weighted by Crippen LogP contribution is 2.19. The van der Waals surface area contributed by atoms with Gasteiger partial charge in [0.2, 0.25) is 0 Å². The first kappa shape index (κ1) is 13.9. The number of amides is 1. The molecule has 1 heterocycles. The Labute approximate surface area is 113 Å². The van der Waals surface area contributed by atoms with Crippen LogP contribution in [-0.2, 0) is 4.79 Å². The molecule has 0 radical (unpaired) electrons. The predicted octanol–water partition coefficient (Wildman–Crippen LogP) is 2.16. The molecule has 1 aromatic carbocycles. The molecular weight excluding hydrogens is 268 g/mol. The molecule has 0 aliphatic heterocycles. The van der Waals surface area contributed by atoms with Gasteiger partial charge in [-0.15, -0.1) is 0 Å². The topological polar surface area (TPSA) is 64.1 Å². The van der Waals surface area contributed by atoms with Gasteiger partial charge in [-0.1, -0.05) is 0 Å². The molecule has 1 N–H and O–H groups in total. The number of anilines is 1. The van der Waals surface area contributed by atoms with Gasteiger partial charge in [0.1, 0.15) is 5.82 Å². The molecule has 0 fully saturated rings. The second-order valence-corrected chi connectivity index (χ2v) is 3.91. The van der Waals surface area contributed by atoms with Crippen LogP contribution in [0.25, 0.3) is 0 Å². The Kier molecular flexibility index (Phi) is 4.19. The normalized spacial score (nSPS) is 11.8. The van der Waals surface area contributed by atoms with Crippen molar-refractivity contribution in [1.82, 2.24) is 9.97 Å². The Morgan fingerprint density at radius 3 is 2.80 bits per heavy atom. The van der Waals surface area contributed by atoms with Gasteiger partial charge >= 0.3 is 0 Å². The summed E-state index contributed by atoms with van der Waals surface area (Å²) >= 11 is 0. The molecule has 104 valence electrons. The van der Waals surface area contributed by atoms with Crippen LogP contribution >= 0.6 is 0 Å². The Morgan fingerprint density at radius 1 is 1.35 bits per heavy atom. The monoisotopic (exact) mass is 279 g/mol. The highest BCUT2D eigenvalue weighted by Gasteiger charge is 2.17. The van der Waals surface area contributed by atoms with Crippen LogP contribution in [0.1, 0.15) is 6.92 Å². The summed E-state index contributed by atoms with van der Waals surface area (Å²) in [6.45, 7) is 1.44. The Balaban J connectivity index is 2.00. The lowest BCUT2D eigenvalue weighted by molar-refractivity contribution is -0.122. The van der Waals surface area contributed by atoms with Crippen molar-refractivity contribution in [3.63, 3.8) is 0 Å². The highest BCUT2D eigenvalue weighted by molar-refractivity contribution is 5.93. The van der Waals surface area contributed by atoms with E-state index in [2.05, 4.69) is 15.3 Å². The summed E-state index contributed by atoms with van der Waals surface area (Å²) in [6.07, 6.45) is 3.27. The van der Waals surface area contributed by atoms with E-state index in [0.29, 0.717) is 6.07 Å². The molecule has 20 heavy (non-hydrogen) atoms. The summed E-state index contributed by atoms with van der Waals surface area (Å²) in [5, 5.41) is 2.46. The number of benzene rings is 1. The first-order chi connectivity index (χ1) is 9.56. The molecule has 0 aliphatic carbocycles. The van der Waals surface area contributed by atoms with Gasteiger partial charge < -0.3 is 10.1 Å². The number of nitrogens with one attached hydrogen (secondary N) is 1. The number of carbonyl (C=O) groups is 1.